The number of imidazole rings is 1. The van der Waals surface area contributed by atoms with Gasteiger partial charge in [-0.3, -0.25) is 0 Å². The second-order valence-electron chi connectivity index (χ2n) is 5.31. The summed E-state index contributed by atoms with van der Waals surface area (Å²) in [7, 11) is -3.49. The average Bonchev–Trinajstić information content (AvgIpc) is 2.89. The van der Waals surface area contributed by atoms with Crippen molar-refractivity contribution in [3.05, 3.63) is 64.5 Å². The fourth-order valence-electron chi connectivity index (χ4n) is 2.29. The Labute approximate surface area is 143 Å². The summed E-state index contributed by atoms with van der Waals surface area (Å²) >= 11 is 3.29. The van der Waals surface area contributed by atoms with Crippen molar-refractivity contribution in [2.24, 2.45) is 0 Å². The van der Waals surface area contributed by atoms with Crippen LogP contribution in [0.1, 0.15) is 11.3 Å². The summed E-state index contributed by atoms with van der Waals surface area (Å²) in [4.78, 5) is 4.74. The van der Waals surface area contributed by atoms with Crippen molar-refractivity contribution in [3.63, 3.8) is 0 Å². The maximum Gasteiger partial charge on any atom is 0.240 e. The average molecular weight is 394 g/mol. The lowest BCUT2D eigenvalue weighted by Gasteiger charge is -2.05. The Balaban J connectivity index is 1.66. The molecule has 0 aliphatic heterocycles. The van der Waals surface area contributed by atoms with E-state index in [1.807, 2.05) is 35.9 Å². The molecular formula is C16H16BrN3O2S. The zero-order valence-electron chi connectivity index (χ0n) is 12.5. The number of aryl methyl sites for hydroxylation is 1. The van der Waals surface area contributed by atoms with E-state index < -0.39 is 10.0 Å². The van der Waals surface area contributed by atoms with Crippen LogP contribution in [0, 0.1) is 6.92 Å². The molecule has 0 atom stereocenters. The quantitative estimate of drug-likeness (QED) is 0.724. The Kier molecular flexibility index (Phi) is 4.52. The van der Waals surface area contributed by atoms with Gasteiger partial charge >= 0.3 is 0 Å². The molecule has 0 bridgehead atoms. The monoisotopic (exact) mass is 393 g/mol. The predicted octanol–water partition coefficient (Wildman–Crippen LogP) is 2.93. The topological polar surface area (TPSA) is 63.5 Å². The molecule has 23 heavy (non-hydrogen) atoms. The van der Waals surface area contributed by atoms with Gasteiger partial charge in [0.1, 0.15) is 5.65 Å². The normalized spacial score (nSPS) is 11.9. The van der Waals surface area contributed by atoms with Crippen LogP contribution in [0.25, 0.3) is 5.65 Å². The van der Waals surface area contributed by atoms with Crippen molar-refractivity contribution in [2.75, 3.05) is 6.54 Å². The molecule has 2 heterocycles. The van der Waals surface area contributed by atoms with Gasteiger partial charge in [-0.05, 0) is 42.8 Å². The van der Waals surface area contributed by atoms with Crippen molar-refractivity contribution >= 4 is 31.6 Å². The highest BCUT2D eigenvalue weighted by molar-refractivity contribution is 9.10. The highest BCUT2D eigenvalue weighted by atomic mass is 79.9. The second kappa shape index (κ2) is 6.43. The molecule has 5 nitrogen and oxygen atoms in total. The molecule has 0 radical (unpaired) electrons. The van der Waals surface area contributed by atoms with Crippen LogP contribution >= 0.6 is 15.9 Å². The number of fused-ring (bicyclic) bond motifs is 1. The first-order valence-electron chi connectivity index (χ1n) is 7.13. The maximum atomic E-state index is 12.2. The zero-order chi connectivity index (χ0) is 16.4. The van der Waals surface area contributed by atoms with Crippen LogP contribution in [-0.4, -0.2) is 24.3 Å². The third-order valence-corrected chi connectivity index (χ3v) is 5.45. The molecule has 1 aromatic carbocycles. The van der Waals surface area contributed by atoms with Gasteiger partial charge in [0.25, 0.3) is 0 Å². The van der Waals surface area contributed by atoms with Gasteiger partial charge < -0.3 is 4.40 Å². The summed E-state index contributed by atoms with van der Waals surface area (Å²) in [6.45, 7) is 2.33. The lowest BCUT2D eigenvalue weighted by Crippen LogP contribution is -2.26. The molecule has 0 aliphatic carbocycles. The van der Waals surface area contributed by atoms with Crippen LogP contribution in [0.15, 0.2) is 58.2 Å². The van der Waals surface area contributed by atoms with Crippen LogP contribution < -0.4 is 4.72 Å². The van der Waals surface area contributed by atoms with Crippen molar-refractivity contribution in [2.45, 2.75) is 18.2 Å². The van der Waals surface area contributed by atoms with E-state index in [2.05, 4.69) is 25.6 Å². The van der Waals surface area contributed by atoms with E-state index in [4.69, 9.17) is 0 Å². The van der Waals surface area contributed by atoms with Crippen molar-refractivity contribution in [3.8, 4) is 0 Å². The van der Waals surface area contributed by atoms with E-state index in [1.165, 1.54) is 0 Å². The summed E-state index contributed by atoms with van der Waals surface area (Å²) in [5.74, 6) is 0. The van der Waals surface area contributed by atoms with E-state index in [9.17, 15) is 8.42 Å². The molecule has 0 fully saturated rings. The van der Waals surface area contributed by atoms with Gasteiger partial charge in [-0.15, -0.1) is 0 Å². The van der Waals surface area contributed by atoms with E-state index >= 15 is 0 Å². The fraction of sp³-hybridized carbons (Fsp3) is 0.188. The molecule has 7 heteroatoms. The number of nitrogens with one attached hydrogen (secondary N) is 1. The molecule has 2 aromatic heterocycles. The SMILES string of the molecule is Cc1ccc2nc(CCNS(=O)(=O)c3ccc(Br)cc3)cn2c1. The molecular weight excluding hydrogens is 378 g/mol. The second-order valence-corrected chi connectivity index (χ2v) is 7.99. The summed E-state index contributed by atoms with van der Waals surface area (Å²) in [5.41, 5.74) is 2.87. The molecule has 120 valence electrons. The highest BCUT2D eigenvalue weighted by Crippen LogP contribution is 2.14. The van der Waals surface area contributed by atoms with E-state index in [0.29, 0.717) is 13.0 Å². The van der Waals surface area contributed by atoms with Crippen molar-refractivity contribution < 1.29 is 8.42 Å². The number of sulfonamides is 1. The number of hydrogen-bond acceptors (Lipinski definition) is 3. The van der Waals surface area contributed by atoms with Gasteiger partial charge in [-0.2, -0.15) is 0 Å². The first-order valence-corrected chi connectivity index (χ1v) is 9.41. The first-order chi connectivity index (χ1) is 10.9. The van der Waals surface area contributed by atoms with Gasteiger partial charge in [-0.25, -0.2) is 18.1 Å². The summed E-state index contributed by atoms with van der Waals surface area (Å²) < 4.78 is 29.8. The molecule has 1 N–H and O–H groups in total. The Hall–Kier alpha value is -1.70. The molecule has 0 saturated carbocycles. The van der Waals surface area contributed by atoms with Gasteiger partial charge in [-0.1, -0.05) is 22.0 Å². The van der Waals surface area contributed by atoms with Gasteiger partial charge in [0.15, 0.2) is 0 Å². The number of rotatable bonds is 5. The van der Waals surface area contributed by atoms with E-state index in [1.54, 1.807) is 24.3 Å². The smallest absolute Gasteiger partial charge is 0.240 e. The summed E-state index contributed by atoms with van der Waals surface area (Å²) in [5, 5.41) is 0. The molecule has 0 saturated heterocycles. The minimum atomic E-state index is -3.49. The largest absolute Gasteiger partial charge is 0.307 e. The van der Waals surface area contributed by atoms with E-state index in [0.717, 1.165) is 21.4 Å². The molecule has 0 unspecified atom stereocenters. The minimum absolute atomic E-state index is 0.256. The number of hydrogen-bond donors (Lipinski definition) is 1. The van der Waals surface area contributed by atoms with Gasteiger partial charge in [0.2, 0.25) is 10.0 Å². The molecule has 0 spiro atoms. The lowest BCUT2D eigenvalue weighted by atomic mass is 10.3. The maximum absolute atomic E-state index is 12.2. The minimum Gasteiger partial charge on any atom is -0.307 e. The highest BCUT2D eigenvalue weighted by Gasteiger charge is 2.13. The fourth-order valence-corrected chi connectivity index (χ4v) is 3.58. The standard InChI is InChI=1S/C16H16BrN3O2S/c1-12-2-7-16-19-14(11-20(16)10-12)8-9-18-23(21,22)15-5-3-13(17)4-6-15/h2-7,10-11,18H,8-9H2,1H3. The van der Waals surface area contributed by atoms with Crippen molar-refractivity contribution in [1.82, 2.24) is 14.1 Å². The third-order valence-electron chi connectivity index (χ3n) is 3.45. The molecule has 3 aromatic rings. The Bertz CT molecular complexity index is 934. The van der Waals surface area contributed by atoms with Crippen LogP contribution in [0.4, 0.5) is 0 Å². The molecule has 3 rings (SSSR count). The predicted molar refractivity (Wildman–Crippen MR) is 93.0 cm³/mol. The lowest BCUT2D eigenvalue weighted by molar-refractivity contribution is 0.581. The molecule has 0 aliphatic rings. The number of nitrogens with zero attached hydrogens (tertiary/aromatic N) is 2. The van der Waals surface area contributed by atoms with Crippen LogP contribution in [-0.2, 0) is 16.4 Å². The Morgan fingerprint density at radius 1 is 1.13 bits per heavy atom. The number of benzene rings is 1. The van der Waals surface area contributed by atoms with Crippen molar-refractivity contribution in [1.29, 1.82) is 0 Å². The van der Waals surface area contributed by atoms with Gasteiger partial charge in [0, 0.05) is 29.8 Å². The third kappa shape index (κ3) is 3.80. The number of pyridine rings is 1. The van der Waals surface area contributed by atoms with Gasteiger partial charge in [0.05, 0.1) is 10.6 Å². The van der Waals surface area contributed by atoms with Crippen LogP contribution in [0.2, 0.25) is 0 Å². The Morgan fingerprint density at radius 2 is 1.87 bits per heavy atom. The van der Waals surface area contributed by atoms with Crippen LogP contribution in [0.5, 0.6) is 0 Å². The number of aromatic nitrogens is 2. The van der Waals surface area contributed by atoms with E-state index in [-0.39, 0.29) is 4.90 Å². The first kappa shape index (κ1) is 16.2. The summed E-state index contributed by atoms with van der Waals surface area (Å²) in [6, 6.07) is 10.5. The molecule has 0 amide bonds. The zero-order valence-corrected chi connectivity index (χ0v) is 14.9. The number of halogens is 1. The Morgan fingerprint density at radius 3 is 2.61 bits per heavy atom. The van der Waals surface area contributed by atoms with Crippen LogP contribution in [0.3, 0.4) is 0 Å². The summed E-state index contributed by atoms with van der Waals surface area (Å²) in [6.07, 6.45) is 4.46.